The first-order valence-corrected chi connectivity index (χ1v) is 8.61. The van der Waals surface area contributed by atoms with Gasteiger partial charge in [0.15, 0.2) is 9.84 Å². The van der Waals surface area contributed by atoms with Crippen LogP contribution < -0.4 is 0 Å². The fraction of sp³-hybridized carbons (Fsp3) is 0.333. The number of para-hydroxylation sites is 1. The lowest BCUT2D eigenvalue weighted by Gasteiger charge is -2.23. The predicted octanol–water partition coefficient (Wildman–Crippen LogP) is 1.49. The molecule has 0 N–H and O–H groups in total. The number of hydrogen-bond acceptors (Lipinski definition) is 4. The van der Waals surface area contributed by atoms with Crippen molar-refractivity contribution >= 4 is 26.6 Å². The molecule has 2 heterocycles. The van der Waals surface area contributed by atoms with Crippen molar-refractivity contribution in [3.63, 3.8) is 0 Å². The molecule has 0 spiro atoms. The summed E-state index contributed by atoms with van der Waals surface area (Å²) in [6, 6.07) is 8.93. The average Bonchev–Trinajstić information content (AvgIpc) is 2.85. The van der Waals surface area contributed by atoms with E-state index in [2.05, 4.69) is 4.98 Å². The van der Waals surface area contributed by atoms with Crippen LogP contribution in [0.25, 0.3) is 10.9 Å². The highest BCUT2D eigenvalue weighted by Gasteiger charge is 2.33. The molecule has 110 valence electrons. The van der Waals surface area contributed by atoms with Gasteiger partial charge in [0.05, 0.1) is 22.6 Å². The number of sulfone groups is 1. The summed E-state index contributed by atoms with van der Waals surface area (Å²) in [6.45, 7) is 0. The van der Waals surface area contributed by atoms with Crippen LogP contribution in [-0.2, 0) is 9.84 Å². The molecular formula is C15H16N2O3S. The largest absolute Gasteiger partial charge is 0.338 e. The first-order valence-electron chi connectivity index (χ1n) is 6.79. The Morgan fingerprint density at radius 1 is 1.29 bits per heavy atom. The van der Waals surface area contributed by atoms with Crippen LogP contribution in [0.3, 0.4) is 0 Å². The van der Waals surface area contributed by atoms with Gasteiger partial charge in [0, 0.05) is 24.7 Å². The Kier molecular flexibility index (Phi) is 3.41. The van der Waals surface area contributed by atoms with Crippen molar-refractivity contribution in [1.82, 2.24) is 9.88 Å². The molecule has 0 radical (unpaired) electrons. The number of fused-ring (bicyclic) bond motifs is 1. The summed E-state index contributed by atoms with van der Waals surface area (Å²) in [5, 5.41) is 0.899. The third kappa shape index (κ3) is 2.63. The van der Waals surface area contributed by atoms with Crippen LogP contribution in [-0.4, -0.2) is 48.8 Å². The summed E-state index contributed by atoms with van der Waals surface area (Å²) in [5.74, 6) is 0.0256. The van der Waals surface area contributed by atoms with Gasteiger partial charge >= 0.3 is 0 Å². The Balaban J connectivity index is 1.94. The van der Waals surface area contributed by atoms with Crippen molar-refractivity contribution < 1.29 is 13.2 Å². The van der Waals surface area contributed by atoms with Crippen LogP contribution in [0.5, 0.6) is 0 Å². The van der Waals surface area contributed by atoms with Crippen molar-refractivity contribution in [2.45, 2.75) is 12.5 Å². The molecule has 1 aromatic carbocycles. The van der Waals surface area contributed by atoms with E-state index in [1.807, 2.05) is 24.3 Å². The molecule has 0 aliphatic carbocycles. The van der Waals surface area contributed by atoms with E-state index < -0.39 is 9.84 Å². The lowest BCUT2D eigenvalue weighted by molar-refractivity contribution is 0.0749. The number of rotatable bonds is 2. The molecular weight excluding hydrogens is 288 g/mol. The number of amides is 1. The van der Waals surface area contributed by atoms with E-state index in [4.69, 9.17) is 0 Å². The second-order valence-corrected chi connectivity index (χ2v) is 7.58. The SMILES string of the molecule is CN(C(=O)c1cccc2cccnc12)C1CCS(=O)(=O)C1. The molecule has 3 rings (SSSR count). The predicted molar refractivity (Wildman–Crippen MR) is 80.9 cm³/mol. The van der Waals surface area contributed by atoms with Crippen LogP contribution in [0.1, 0.15) is 16.8 Å². The van der Waals surface area contributed by atoms with Gasteiger partial charge in [0.2, 0.25) is 0 Å². The third-order valence-electron chi connectivity index (χ3n) is 3.94. The molecule has 21 heavy (non-hydrogen) atoms. The minimum atomic E-state index is -3.01. The number of pyridine rings is 1. The van der Waals surface area contributed by atoms with Crippen LogP contribution in [0.15, 0.2) is 36.5 Å². The van der Waals surface area contributed by atoms with Crippen molar-refractivity contribution in [3.8, 4) is 0 Å². The number of carbonyl (C=O) groups is 1. The number of nitrogens with zero attached hydrogens (tertiary/aromatic N) is 2. The number of benzene rings is 1. The molecule has 1 unspecified atom stereocenters. The normalized spacial score (nSPS) is 20.5. The van der Waals surface area contributed by atoms with Gasteiger partial charge in [-0.2, -0.15) is 0 Å². The highest BCUT2D eigenvalue weighted by molar-refractivity contribution is 7.91. The summed E-state index contributed by atoms with van der Waals surface area (Å²) in [5.41, 5.74) is 1.16. The van der Waals surface area contributed by atoms with E-state index in [9.17, 15) is 13.2 Å². The molecule has 0 bridgehead atoms. The Bertz CT molecular complexity index is 796. The summed E-state index contributed by atoms with van der Waals surface area (Å²) in [6.07, 6.45) is 2.15. The van der Waals surface area contributed by atoms with Crippen LogP contribution in [0.2, 0.25) is 0 Å². The van der Waals surface area contributed by atoms with Crippen molar-refractivity contribution in [1.29, 1.82) is 0 Å². The molecule has 6 heteroatoms. The van der Waals surface area contributed by atoms with Gasteiger partial charge in [-0.25, -0.2) is 8.42 Å². The van der Waals surface area contributed by atoms with E-state index in [-0.39, 0.29) is 23.5 Å². The van der Waals surface area contributed by atoms with E-state index >= 15 is 0 Å². The summed E-state index contributed by atoms with van der Waals surface area (Å²) in [4.78, 5) is 18.5. The summed E-state index contributed by atoms with van der Waals surface area (Å²) < 4.78 is 23.1. The second kappa shape index (κ2) is 5.11. The van der Waals surface area contributed by atoms with Crippen LogP contribution in [0, 0.1) is 0 Å². The monoisotopic (exact) mass is 304 g/mol. The Morgan fingerprint density at radius 2 is 2.05 bits per heavy atom. The molecule has 1 saturated heterocycles. The molecule has 2 aromatic rings. The number of carbonyl (C=O) groups excluding carboxylic acids is 1. The summed E-state index contributed by atoms with van der Waals surface area (Å²) >= 11 is 0. The highest BCUT2D eigenvalue weighted by atomic mass is 32.2. The van der Waals surface area contributed by atoms with Gasteiger partial charge < -0.3 is 4.90 Å². The van der Waals surface area contributed by atoms with Gasteiger partial charge in [-0.15, -0.1) is 0 Å². The molecule has 5 nitrogen and oxygen atoms in total. The van der Waals surface area contributed by atoms with Crippen LogP contribution in [0.4, 0.5) is 0 Å². The minimum Gasteiger partial charge on any atom is -0.338 e. The Hall–Kier alpha value is -1.95. The molecule has 1 aliphatic heterocycles. The first kappa shape index (κ1) is 14.0. The van der Waals surface area contributed by atoms with Gasteiger partial charge in [-0.1, -0.05) is 18.2 Å². The quantitative estimate of drug-likeness (QED) is 0.843. The molecule has 1 aliphatic rings. The fourth-order valence-electron chi connectivity index (χ4n) is 2.71. The molecule has 1 amide bonds. The zero-order valence-corrected chi connectivity index (χ0v) is 12.5. The van der Waals surface area contributed by atoms with Crippen molar-refractivity contribution in [2.24, 2.45) is 0 Å². The fourth-order valence-corrected chi connectivity index (χ4v) is 4.49. The topological polar surface area (TPSA) is 67.3 Å². The van der Waals surface area contributed by atoms with Gasteiger partial charge in [-0.05, 0) is 18.6 Å². The lowest BCUT2D eigenvalue weighted by atomic mass is 10.1. The molecule has 1 atom stereocenters. The first-order chi connectivity index (χ1) is 9.98. The Morgan fingerprint density at radius 3 is 2.76 bits per heavy atom. The van der Waals surface area contributed by atoms with E-state index in [0.29, 0.717) is 17.5 Å². The van der Waals surface area contributed by atoms with E-state index in [1.54, 1.807) is 19.3 Å². The molecule has 1 aromatic heterocycles. The average molecular weight is 304 g/mol. The van der Waals surface area contributed by atoms with E-state index in [0.717, 1.165) is 5.39 Å². The van der Waals surface area contributed by atoms with Crippen molar-refractivity contribution in [2.75, 3.05) is 18.6 Å². The molecule has 0 saturated carbocycles. The van der Waals surface area contributed by atoms with Crippen LogP contribution >= 0.6 is 0 Å². The molecule has 1 fully saturated rings. The Labute approximate surface area is 123 Å². The lowest BCUT2D eigenvalue weighted by Crippen LogP contribution is -2.37. The minimum absolute atomic E-state index is 0.0490. The number of hydrogen-bond donors (Lipinski definition) is 0. The third-order valence-corrected chi connectivity index (χ3v) is 5.69. The zero-order valence-electron chi connectivity index (χ0n) is 11.7. The van der Waals surface area contributed by atoms with Crippen molar-refractivity contribution in [3.05, 3.63) is 42.1 Å². The summed E-state index contributed by atoms with van der Waals surface area (Å²) in [7, 11) is -1.35. The van der Waals surface area contributed by atoms with Gasteiger partial charge in [0.25, 0.3) is 5.91 Å². The maximum atomic E-state index is 12.6. The smallest absolute Gasteiger partial charge is 0.256 e. The highest BCUT2D eigenvalue weighted by Crippen LogP contribution is 2.22. The van der Waals surface area contributed by atoms with Gasteiger partial charge in [-0.3, -0.25) is 9.78 Å². The van der Waals surface area contributed by atoms with E-state index in [1.165, 1.54) is 4.90 Å². The standard InChI is InChI=1S/C15H16N2O3S/c1-17(12-7-9-21(19,20)10-12)15(18)13-6-2-4-11-5-3-8-16-14(11)13/h2-6,8,12H,7,9-10H2,1H3. The zero-order chi connectivity index (χ0) is 15.0. The number of aromatic nitrogens is 1. The van der Waals surface area contributed by atoms with Gasteiger partial charge in [0.1, 0.15) is 0 Å². The second-order valence-electron chi connectivity index (χ2n) is 5.35. The maximum Gasteiger partial charge on any atom is 0.256 e. The maximum absolute atomic E-state index is 12.6.